The van der Waals surface area contributed by atoms with Crippen molar-refractivity contribution >= 4 is 17.2 Å². The molecule has 0 aliphatic carbocycles. The Labute approximate surface area is 216 Å². The van der Waals surface area contributed by atoms with E-state index in [2.05, 4.69) is 25.2 Å². The molecule has 0 radical (unpaired) electrons. The zero-order chi connectivity index (χ0) is 26.6. The third-order valence-electron chi connectivity index (χ3n) is 5.87. The van der Waals surface area contributed by atoms with Gasteiger partial charge in [-0.25, -0.2) is 15.0 Å². The molecule has 37 heavy (non-hydrogen) atoms. The lowest BCUT2D eigenvalue weighted by Crippen LogP contribution is -2.42. The number of ether oxygens (including phenoxy) is 2. The zero-order valence-electron chi connectivity index (χ0n) is 20.7. The van der Waals surface area contributed by atoms with Crippen molar-refractivity contribution in [2.45, 2.75) is 38.6 Å². The lowest BCUT2D eigenvalue weighted by molar-refractivity contribution is -0.145. The van der Waals surface area contributed by atoms with Gasteiger partial charge in [-0.15, -0.1) is 11.3 Å². The molecule has 0 spiro atoms. The summed E-state index contributed by atoms with van der Waals surface area (Å²) < 4.78 is 50.1. The summed E-state index contributed by atoms with van der Waals surface area (Å²) in [6.45, 7) is 6.25. The van der Waals surface area contributed by atoms with E-state index < -0.39 is 23.9 Å². The van der Waals surface area contributed by atoms with Crippen molar-refractivity contribution in [2.24, 2.45) is 0 Å². The second-order valence-corrected chi connectivity index (χ2v) is 9.95. The smallest absolute Gasteiger partial charge is 0.451 e. The highest BCUT2D eigenvalue weighted by Gasteiger charge is 2.34. The molecule has 4 rings (SSSR count). The molecule has 1 fully saturated rings. The number of hydrogen-bond donors (Lipinski definition) is 1. The number of likely N-dealkylation sites (N-methyl/N-ethyl adjacent to an activating group) is 1. The number of hydrogen-bond acceptors (Lipinski definition) is 8. The van der Waals surface area contributed by atoms with E-state index in [1.165, 1.54) is 11.3 Å². The van der Waals surface area contributed by atoms with Crippen molar-refractivity contribution in [2.75, 3.05) is 33.4 Å². The monoisotopic (exact) mass is 535 g/mol. The molecule has 8 nitrogen and oxygen atoms in total. The largest absolute Gasteiger partial charge is 0.491 e. The molecule has 1 unspecified atom stereocenters. The van der Waals surface area contributed by atoms with Crippen LogP contribution in [0, 0.1) is 0 Å². The number of amides is 1. The molecule has 2 aromatic heterocycles. The van der Waals surface area contributed by atoms with Gasteiger partial charge in [-0.3, -0.25) is 4.79 Å². The number of rotatable bonds is 8. The Balaban J connectivity index is 1.53. The molecule has 1 saturated heterocycles. The number of carbonyl (C=O) groups is 1. The molecule has 1 aromatic carbocycles. The Morgan fingerprint density at radius 2 is 2.00 bits per heavy atom. The van der Waals surface area contributed by atoms with Crippen LogP contribution in [0.2, 0.25) is 0 Å². The van der Waals surface area contributed by atoms with Gasteiger partial charge in [-0.1, -0.05) is 6.92 Å². The molecule has 1 aliphatic rings. The van der Waals surface area contributed by atoms with E-state index in [9.17, 15) is 18.0 Å². The van der Waals surface area contributed by atoms with Gasteiger partial charge in [0.1, 0.15) is 23.5 Å². The molecule has 1 aliphatic heterocycles. The minimum Gasteiger partial charge on any atom is -0.491 e. The lowest BCUT2D eigenvalue weighted by atomic mass is 10.1. The minimum atomic E-state index is -4.63. The summed E-state index contributed by atoms with van der Waals surface area (Å²) in [6.07, 6.45) is 0.0641. The first-order valence-electron chi connectivity index (χ1n) is 11.9. The van der Waals surface area contributed by atoms with Gasteiger partial charge < -0.3 is 19.7 Å². The predicted octanol–water partition coefficient (Wildman–Crippen LogP) is 4.38. The summed E-state index contributed by atoms with van der Waals surface area (Å²) in [5.41, 5.74) is 1.42. The van der Waals surface area contributed by atoms with E-state index >= 15 is 0 Å². The topological polar surface area (TPSA) is 89.5 Å². The number of carbonyl (C=O) groups excluding carboxylic acids is 1. The molecule has 198 valence electrons. The van der Waals surface area contributed by atoms with Gasteiger partial charge in [0.05, 0.1) is 12.6 Å². The third-order valence-corrected chi connectivity index (χ3v) is 7.06. The van der Waals surface area contributed by atoms with Crippen LogP contribution in [0.25, 0.3) is 10.6 Å². The number of nitrogens with one attached hydrogen (secondary N) is 1. The summed E-state index contributed by atoms with van der Waals surface area (Å²) in [5.74, 6) is -1.15. The Kier molecular flexibility index (Phi) is 8.40. The molecule has 0 bridgehead atoms. The zero-order valence-corrected chi connectivity index (χ0v) is 21.5. The summed E-state index contributed by atoms with van der Waals surface area (Å²) in [6, 6.07) is 4.58. The number of thiazole rings is 1. The molecular formula is C25H28F3N5O3S. The fraction of sp³-hybridized carbons (Fsp3) is 0.440. The van der Waals surface area contributed by atoms with Crippen molar-refractivity contribution in [3.05, 3.63) is 58.6 Å². The molecule has 1 amide bonds. The highest BCUT2D eigenvalue weighted by Crippen LogP contribution is 2.31. The SMILES string of the molecule is CCc1cnc(-c2cc(OC[C@@H]3CN(C)CCO3)cc(C(=O)NC(C)c3cnc(C(F)(F)F)nc3)c2)s1. The first-order chi connectivity index (χ1) is 17.6. The first kappa shape index (κ1) is 27.0. The van der Waals surface area contributed by atoms with Crippen molar-refractivity contribution in [3.8, 4) is 16.3 Å². The van der Waals surface area contributed by atoms with E-state index in [1.54, 1.807) is 19.1 Å². The van der Waals surface area contributed by atoms with Gasteiger partial charge in [-0.2, -0.15) is 13.2 Å². The first-order valence-corrected chi connectivity index (χ1v) is 12.7. The summed E-state index contributed by atoms with van der Waals surface area (Å²) in [4.78, 5) is 27.7. The van der Waals surface area contributed by atoms with E-state index in [0.717, 1.165) is 47.4 Å². The number of halogens is 3. The van der Waals surface area contributed by atoms with Crippen molar-refractivity contribution in [3.63, 3.8) is 0 Å². The molecular weight excluding hydrogens is 507 g/mol. The summed E-state index contributed by atoms with van der Waals surface area (Å²) in [5, 5.41) is 3.56. The maximum absolute atomic E-state index is 13.2. The van der Waals surface area contributed by atoms with Crippen molar-refractivity contribution < 1.29 is 27.4 Å². The van der Waals surface area contributed by atoms with Gasteiger partial charge in [0.25, 0.3) is 5.91 Å². The summed E-state index contributed by atoms with van der Waals surface area (Å²) in [7, 11) is 2.02. The molecule has 1 N–H and O–H groups in total. The van der Waals surface area contributed by atoms with Crippen LogP contribution in [0.15, 0.2) is 36.8 Å². The average molecular weight is 536 g/mol. The fourth-order valence-corrected chi connectivity index (χ4v) is 4.61. The molecule has 3 aromatic rings. The second kappa shape index (κ2) is 11.5. The Bertz CT molecular complexity index is 1220. The molecule has 12 heteroatoms. The number of alkyl halides is 3. The van der Waals surface area contributed by atoms with Crippen LogP contribution in [-0.2, 0) is 17.3 Å². The highest BCUT2D eigenvalue weighted by molar-refractivity contribution is 7.15. The van der Waals surface area contributed by atoms with E-state index in [1.807, 2.05) is 26.2 Å². The number of morpholine rings is 1. The number of aromatic nitrogens is 3. The van der Waals surface area contributed by atoms with Gasteiger partial charge >= 0.3 is 6.18 Å². The van der Waals surface area contributed by atoms with E-state index in [0.29, 0.717) is 30.1 Å². The van der Waals surface area contributed by atoms with E-state index in [4.69, 9.17) is 9.47 Å². The minimum absolute atomic E-state index is 0.0917. The van der Waals surface area contributed by atoms with E-state index in [-0.39, 0.29) is 6.10 Å². The lowest BCUT2D eigenvalue weighted by Gasteiger charge is -2.29. The Hall–Kier alpha value is -3.09. The Morgan fingerprint density at radius 3 is 2.65 bits per heavy atom. The van der Waals surface area contributed by atoms with Crippen LogP contribution in [0.4, 0.5) is 13.2 Å². The van der Waals surface area contributed by atoms with Crippen LogP contribution >= 0.6 is 11.3 Å². The van der Waals surface area contributed by atoms with Crippen molar-refractivity contribution in [1.82, 2.24) is 25.2 Å². The van der Waals surface area contributed by atoms with Crippen LogP contribution in [0.5, 0.6) is 5.75 Å². The number of aryl methyl sites for hydroxylation is 1. The maximum Gasteiger partial charge on any atom is 0.451 e. The molecule has 3 heterocycles. The molecule has 2 atom stereocenters. The average Bonchev–Trinajstić information content (AvgIpc) is 3.36. The van der Waals surface area contributed by atoms with Crippen LogP contribution in [-0.4, -0.2) is 65.2 Å². The summed E-state index contributed by atoms with van der Waals surface area (Å²) >= 11 is 1.54. The highest BCUT2D eigenvalue weighted by atomic mass is 32.1. The van der Waals surface area contributed by atoms with Crippen LogP contribution in [0.3, 0.4) is 0 Å². The maximum atomic E-state index is 13.2. The third kappa shape index (κ3) is 7.02. The van der Waals surface area contributed by atoms with Crippen LogP contribution in [0.1, 0.15) is 46.5 Å². The quantitative estimate of drug-likeness (QED) is 0.458. The van der Waals surface area contributed by atoms with Crippen LogP contribution < -0.4 is 10.1 Å². The van der Waals surface area contributed by atoms with Gasteiger partial charge in [0, 0.05) is 53.2 Å². The van der Waals surface area contributed by atoms with Crippen molar-refractivity contribution in [1.29, 1.82) is 0 Å². The van der Waals surface area contributed by atoms with Gasteiger partial charge in [0.2, 0.25) is 5.82 Å². The standard InChI is InChI=1S/C25H28F3N5O3S/c1-4-21-12-29-23(37-21)17-7-16(8-19(9-17)36-14-20-13-33(3)5-6-35-20)22(34)32-15(2)18-10-30-24(31-11-18)25(26,27)28/h7-12,15,20H,4-6,13-14H2,1-3H3,(H,32,34)/t15?,20-/m0/s1. The normalized spacial score (nSPS) is 17.4. The Morgan fingerprint density at radius 1 is 1.24 bits per heavy atom. The van der Waals surface area contributed by atoms with Gasteiger partial charge in [-0.05, 0) is 38.6 Å². The van der Waals surface area contributed by atoms with Gasteiger partial charge in [0.15, 0.2) is 0 Å². The fourth-order valence-electron chi connectivity index (χ4n) is 3.77. The second-order valence-electron chi connectivity index (χ2n) is 8.83. The predicted molar refractivity (Wildman–Crippen MR) is 133 cm³/mol. The number of nitrogens with zero attached hydrogens (tertiary/aromatic N) is 4. The number of benzene rings is 1. The molecule has 0 saturated carbocycles.